The highest BCUT2D eigenvalue weighted by molar-refractivity contribution is 8.08. The molecule has 1 N–H and O–H groups in total. The minimum absolute atomic E-state index is 0.144. The Balaban J connectivity index is 1.77. The number of rotatable bonds is 5. The molecule has 1 heterocycles. The first-order valence-electron chi connectivity index (χ1n) is 9.57. The van der Waals surface area contributed by atoms with Crippen LogP contribution < -0.4 is 5.32 Å². The van der Waals surface area contributed by atoms with Crippen molar-refractivity contribution in [2.75, 3.05) is 5.32 Å². The number of hydrogen-bond donors (Lipinski definition) is 1. The van der Waals surface area contributed by atoms with E-state index in [0.717, 1.165) is 27.3 Å². The molecule has 146 valence electrons. The largest absolute Gasteiger partial charge is 0.373 e. The Bertz CT molecular complexity index is 1000. The van der Waals surface area contributed by atoms with E-state index in [1.54, 1.807) is 11.8 Å². The van der Waals surface area contributed by atoms with Gasteiger partial charge in [0, 0.05) is 15.5 Å². The van der Waals surface area contributed by atoms with Gasteiger partial charge in [-0.2, -0.15) is 0 Å². The molecule has 1 aliphatic rings. The summed E-state index contributed by atoms with van der Waals surface area (Å²) in [4.78, 5) is 13.1. The predicted molar refractivity (Wildman–Crippen MR) is 121 cm³/mol. The van der Waals surface area contributed by atoms with Crippen LogP contribution in [0.4, 0.5) is 5.69 Å². The van der Waals surface area contributed by atoms with Gasteiger partial charge >= 0.3 is 0 Å². The molecule has 1 aliphatic heterocycles. The lowest BCUT2D eigenvalue weighted by Gasteiger charge is -2.32. The molecule has 0 radical (unpaired) electrons. The van der Waals surface area contributed by atoms with Crippen LogP contribution in [0.5, 0.6) is 0 Å². The van der Waals surface area contributed by atoms with Crippen LogP contribution in [0.3, 0.4) is 0 Å². The molecular weight excluding hydrogens is 380 g/mol. The van der Waals surface area contributed by atoms with Crippen LogP contribution in [0.1, 0.15) is 21.9 Å². The number of aryl methyl sites for hydroxylation is 1. The molecule has 0 spiro atoms. The number of nitro groups is 1. The second-order valence-electron chi connectivity index (χ2n) is 7.16. The summed E-state index contributed by atoms with van der Waals surface area (Å²) >= 11 is 1.57. The van der Waals surface area contributed by atoms with E-state index >= 15 is 0 Å². The van der Waals surface area contributed by atoms with E-state index in [1.807, 2.05) is 85.8 Å². The summed E-state index contributed by atoms with van der Waals surface area (Å²) in [6.45, 7) is 2.03. The number of nitrogens with zero attached hydrogens (tertiary/aromatic N) is 1. The molecule has 3 aromatic carbocycles. The molecule has 0 saturated carbocycles. The molecule has 0 unspecified atom stereocenters. The molecule has 5 heteroatoms. The topological polar surface area (TPSA) is 55.2 Å². The highest BCUT2D eigenvalue weighted by Gasteiger charge is 2.43. The minimum atomic E-state index is -0.781. The SMILES string of the molecule is Cc1ccc(N[C@@H]2C=C(c3ccccc3)S[C@H](c3ccccc3)[C@H]2[N+](=O)[O-])cc1. The van der Waals surface area contributed by atoms with Gasteiger partial charge in [-0.3, -0.25) is 10.1 Å². The van der Waals surface area contributed by atoms with Crippen molar-refractivity contribution in [3.05, 3.63) is 118 Å². The van der Waals surface area contributed by atoms with Gasteiger partial charge < -0.3 is 5.32 Å². The average Bonchev–Trinajstić information content (AvgIpc) is 2.76. The average molecular weight is 403 g/mol. The number of benzene rings is 3. The molecular formula is C24H22N2O2S. The van der Waals surface area contributed by atoms with Crippen LogP contribution in [0.15, 0.2) is 91.0 Å². The maximum absolute atomic E-state index is 12.2. The fourth-order valence-electron chi connectivity index (χ4n) is 3.58. The molecule has 0 fully saturated rings. The fraction of sp³-hybridized carbons (Fsp3) is 0.167. The van der Waals surface area contributed by atoms with E-state index in [1.165, 1.54) is 0 Å². The fourth-order valence-corrected chi connectivity index (χ4v) is 5.05. The summed E-state index contributed by atoms with van der Waals surface area (Å²) in [5.74, 6) is 0. The normalized spacial score (nSPS) is 21.3. The molecule has 0 amide bonds. The maximum atomic E-state index is 12.2. The Labute approximate surface area is 174 Å². The smallest absolute Gasteiger partial charge is 0.252 e. The molecule has 3 atom stereocenters. The van der Waals surface area contributed by atoms with Crippen molar-refractivity contribution in [2.45, 2.75) is 24.3 Å². The van der Waals surface area contributed by atoms with E-state index in [2.05, 4.69) is 17.4 Å². The zero-order valence-corrected chi connectivity index (χ0v) is 16.9. The van der Waals surface area contributed by atoms with Gasteiger partial charge in [-0.25, -0.2) is 0 Å². The second kappa shape index (κ2) is 8.53. The molecule has 0 aromatic heterocycles. The third-order valence-corrected chi connectivity index (χ3v) is 6.51. The lowest BCUT2D eigenvalue weighted by molar-refractivity contribution is -0.523. The molecule has 3 aromatic rings. The van der Waals surface area contributed by atoms with Crippen LogP contribution in [-0.4, -0.2) is 17.0 Å². The zero-order chi connectivity index (χ0) is 20.2. The Kier molecular flexibility index (Phi) is 5.67. The van der Waals surface area contributed by atoms with Crippen molar-refractivity contribution in [1.29, 1.82) is 0 Å². The van der Waals surface area contributed by atoms with Gasteiger partial charge in [-0.15, -0.1) is 11.8 Å². The second-order valence-corrected chi connectivity index (χ2v) is 8.34. The van der Waals surface area contributed by atoms with Gasteiger partial charge in [0.2, 0.25) is 0 Å². The van der Waals surface area contributed by atoms with Crippen molar-refractivity contribution in [3.8, 4) is 0 Å². The lowest BCUT2D eigenvalue weighted by atomic mass is 9.97. The minimum Gasteiger partial charge on any atom is -0.373 e. The predicted octanol–water partition coefficient (Wildman–Crippen LogP) is 5.95. The summed E-state index contributed by atoms with van der Waals surface area (Å²) in [6, 6.07) is 26.6. The van der Waals surface area contributed by atoms with Gasteiger partial charge in [0.05, 0.1) is 0 Å². The first kappa shape index (κ1) is 19.3. The van der Waals surface area contributed by atoms with E-state index in [4.69, 9.17) is 0 Å². The Hall–Kier alpha value is -3.05. The van der Waals surface area contributed by atoms with E-state index < -0.39 is 12.1 Å². The molecule has 0 bridgehead atoms. The highest BCUT2D eigenvalue weighted by Crippen LogP contribution is 2.47. The Morgan fingerprint density at radius 2 is 1.52 bits per heavy atom. The van der Waals surface area contributed by atoms with Gasteiger partial charge in [-0.05, 0) is 36.3 Å². The van der Waals surface area contributed by atoms with Gasteiger partial charge in [-0.1, -0.05) is 78.4 Å². The van der Waals surface area contributed by atoms with Gasteiger partial charge in [0.1, 0.15) is 11.3 Å². The lowest BCUT2D eigenvalue weighted by Crippen LogP contribution is -2.43. The Morgan fingerprint density at radius 1 is 0.897 bits per heavy atom. The number of nitrogens with one attached hydrogen (secondary N) is 1. The van der Waals surface area contributed by atoms with Crippen molar-refractivity contribution in [2.24, 2.45) is 0 Å². The molecule has 4 rings (SSSR count). The highest BCUT2D eigenvalue weighted by atomic mass is 32.2. The van der Waals surface area contributed by atoms with Crippen molar-refractivity contribution < 1.29 is 4.92 Å². The van der Waals surface area contributed by atoms with Crippen molar-refractivity contribution in [3.63, 3.8) is 0 Å². The van der Waals surface area contributed by atoms with Crippen molar-refractivity contribution >= 4 is 22.4 Å². The van der Waals surface area contributed by atoms with Gasteiger partial charge in [0.25, 0.3) is 6.04 Å². The van der Waals surface area contributed by atoms with Crippen LogP contribution in [0.2, 0.25) is 0 Å². The van der Waals surface area contributed by atoms with Crippen LogP contribution >= 0.6 is 11.8 Å². The van der Waals surface area contributed by atoms with Crippen LogP contribution in [0, 0.1) is 17.0 Å². The molecule has 4 nitrogen and oxygen atoms in total. The van der Waals surface area contributed by atoms with Crippen LogP contribution in [0.25, 0.3) is 4.91 Å². The van der Waals surface area contributed by atoms with E-state index in [-0.39, 0.29) is 10.2 Å². The number of thioether (sulfide) groups is 1. The molecule has 0 aliphatic carbocycles. The summed E-state index contributed by atoms with van der Waals surface area (Å²) in [7, 11) is 0. The summed E-state index contributed by atoms with van der Waals surface area (Å²) in [5.41, 5.74) is 4.09. The quantitative estimate of drug-likeness (QED) is 0.423. The monoisotopic (exact) mass is 402 g/mol. The standard InChI is InChI=1S/C24H22N2O2S/c1-17-12-14-20(15-13-17)25-21-16-22(18-8-4-2-5-9-18)29-24(23(21)26(27)28)19-10-6-3-7-11-19/h2-16,21,23-25H,1H3/t21-,23+,24-/m1/s1. The zero-order valence-electron chi connectivity index (χ0n) is 16.1. The Morgan fingerprint density at radius 3 is 2.14 bits per heavy atom. The first-order valence-corrected chi connectivity index (χ1v) is 10.5. The molecule has 29 heavy (non-hydrogen) atoms. The number of hydrogen-bond acceptors (Lipinski definition) is 4. The molecule has 0 saturated heterocycles. The summed E-state index contributed by atoms with van der Waals surface area (Å²) in [5, 5.41) is 15.3. The van der Waals surface area contributed by atoms with Crippen LogP contribution in [-0.2, 0) is 0 Å². The number of anilines is 1. The van der Waals surface area contributed by atoms with Crippen molar-refractivity contribution in [1.82, 2.24) is 0 Å². The van der Waals surface area contributed by atoms with E-state index in [0.29, 0.717) is 0 Å². The summed E-state index contributed by atoms with van der Waals surface area (Å²) in [6.07, 6.45) is 2.01. The summed E-state index contributed by atoms with van der Waals surface area (Å²) < 4.78 is 0. The third kappa shape index (κ3) is 4.35. The van der Waals surface area contributed by atoms with Gasteiger partial charge in [0.15, 0.2) is 0 Å². The third-order valence-electron chi connectivity index (χ3n) is 5.08. The maximum Gasteiger partial charge on any atom is 0.252 e. The van der Waals surface area contributed by atoms with E-state index in [9.17, 15) is 10.1 Å². The first-order chi connectivity index (χ1) is 14.1.